The van der Waals surface area contributed by atoms with Gasteiger partial charge in [0.25, 0.3) is 5.91 Å². The van der Waals surface area contributed by atoms with Crippen molar-refractivity contribution in [2.24, 2.45) is 5.92 Å². The first-order valence-electron chi connectivity index (χ1n) is 9.07. The van der Waals surface area contributed by atoms with Crippen molar-refractivity contribution in [3.8, 4) is 11.3 Å². The number of halogens is 2. The highest BCUT2D eigenvalue weighted by Gasteiger charge is 2.24. The normalized spacial score (nSPS) is 16.4. The number of hydrogen-bond donors (Lipinski definition) is 1. The molecule has 1 atom stereocenters. The summed E-state index contributed by atoms with van der Waals surface area (Å²) in [6, 6.07) is 11.1. The van der Waals surface area contributed by atoms with Gasteiger partial charge in [0.15, 0.2) is 23.8 Å². The third kappa shape index (κ3) is 3.88. The zero-order valence-corrected chi connectivity index (χ0v) is 15.1. The molecule has 4 rings (SSSR count). The van der Waals surface area contributed by atoms with Crippen molar-refractivity contribution in [1.82, 2.24) is 10.3 Å². The van der Waals surface area contributed by atoms with Gasteiger partial charge in [0.1, 0.15) is 0 Å². The Labute approximate surface area is 161 Å². The van der Waals surface area contributed by atoms with Crippen LogP contribution in [-0.4, -0.2) is 30.5 Å². The summed E-state index contributed by atoms with van der Waals surface area (Å²) in [4.78, 5) is 18.3. The fourth-order valence-corrected chi connectivity index (χ4v) is 3.40. The Hall–Kier alpha value is -3.22. The Morgan fingerprint density at radius 2 is 2.00 bits per heavy atom. The van der Waals surface area contributed by atoms with Crippen LogP contribution in [0.15, 0.2) is 59.5 Å². The molecule has 1 unspecified atom stereocenters. The van der Waals surface area contributed by atoms with E-state index in [9.17, 15) is 13.6 Å². The molecule has 1 saturated heterocycles. The smallest absolute Gasteiger partial charge is 0.251 e. The maximum absolute atomic E-state index is 13.4. The fourth-order valence-electron chi connectivity index (χ4n) is 3.40. The number of aromatic nitrogens is 1. The molecule has 0 spiro atoms. The standard InChI is InChI=1S/C21H19F2N3O2/c22-18-6-5-17(9-19(18)23)26-8-7-14(12-26)10-25-21(27)16-3-1-15(2-4-16)20-11-24-13-28-20/h1-6,9,11,13-14H,7-8,10,12H2,(H,25,27). The minimum Gasteiger partial charge on any atom is -0.444 e. The van der Waals surface area contributed by atoms with E-state index in [1.807, 2.05) is 17.0 Å². The van der Waals surface area contributed by atoms with Crippen LogP contribution in [0.4, 0.5) is 14.5 Å². The quantitative estimate of drug-likeness (QED) is 0.727. The summed E-state index contributed by atoms with van der Waals surface area (Å²) in [5.74, 6) is -0.930. The van der Waals surface area contributed by atoms with Crippen LogP contribution in [0.3, 0.4) is 0 Å². The zero-order valence-electron chi connectivity index (χ0n) is 15.1. The number of amides is 1. The van der Waals surface area contributed by atoms with E-state index >= 15 is 0 Å². The molecule has 144 valence electrons. The van der Waals surface area contributed by atoms with Gasteiger partial charge in [-0.3, -0.25) is 4.79 Å². The van der Waals surface area contributed by atoms with Crippen LogP contribution in [0, 0.1) is 17.6 Å². The average Bonchev–Trinajstić information content (AvgIpc) is 3.40. The van der Waals surface area contributed by atoms with Crippen LogP contribution in [0.25, 0.3) is 11.3 Å². The van der Waals surface area contributed by atoms with Crippen LogP contribution in [0.5, 0.6) is 0 Å². The minimum absolute atomic E-state index is 0.143. The maximum atomic E-state index is 13.4. The average molecular weight is 383 g/mol. The van der Waals surface area contributed by atoms with Gasteiger partial charge in [0.05, 0.1) is 6.20 Å². The van der Waals surface area contributed by atoms with Crippen molar-refractivity contribution < 1.29 is 18.0 Å². The molecule has 0 radical (unpaired) electrons. The van der Waals surface area contributed by atoms with E-state index in [4.69, 9.17) is 4.42 Å². The molecule has 1 fully saturated rings. The molecule has 2 heterocycles. The topological polar surface area (TPSA) is 58.4 Å². The first-order chi connectivity index (χ1) is 13.6. The first kappa shape index (κ1) is 18.2. The van der Waals surface area contributed by atoms with Gasteiger partial charge in [-0.05, 0) is 36.6 Å². The number of anilines is 1. The van der Waals surface area contributed by atoms with E-state index in [2.05, 4.69) is 10.3 Å². The van der Waals surface area contributed by atoms with Crippen LogP contribution in [0.1, 0.15) is 16.8 Å². The molecule has 7 heteroatoms. The Morgan fingerprint density at radius 3 is 2.71 bits per heavy atom. The predicted molar refractivity (Wildman–Crippen MR) is 101 cm³/mol. The van der Waals surface area contributed by atoms with E-state index in [0.29, 0.717) is 30.1 Å². The lowest BCUT2D eigenvalue weighted by Crippen LogP contribution is -2.31. The van der Waals surface area contributed by atoms with Gasteiger partial charge in [0, 0.05) is 42.5 Å². The Balaban J connectivity index is 1.31. The lowest BCUT2D eigenvalue weighted by molar-refractivity contribution is 0.0948. The molecule has 1 aliphatic rings. The summed E-state index contributed by atoms with van der Waals surface area (Å²) >= 11 is 0. The highest BCUT2D eigenvalue weighted by Crippen LogP contribution is 2.25. The zero-order chi connectivity index (χ0) is 19.5. The summed E-state index contributed by atoms with van der Waals surface area (Å²) in [6.45, 7) is 1.97. The summed E-state index contributed by atoms with van der Waals surface area (Å²) < 4.78 is 31.7. The number of oxazole rings is 1. The van der Waals surface area contributed by atoms with Gasteiger partial charge in [-0.25, -0.2) is 13.8 Å². The molecule has 3 aromatic rings. The third-order valence-corrected chi connectivity index (χ3v) is 4.97. The van der Waals surface area contributed by atoms with Gasteiger partial charge in [-0.15, -0.1) is 0 Å². The SMILES string of the molecule is O=C(NCC1CCN(c2ccc(F)c(F)c2)C1)c1ccc(-c2cnco2)cc1. The fraction of sp³-hybridized carbons (Fsp3) is 0.238. The molecule has 0 bridgehead atoms. The van der Waals surface area contributed by atoms with Crippen molar-refractivity contribution in [2.45, 2.75) is 6.42 Å². The van der Waals surface area contributed by atoms with E-state index in [1.165, 1.54) is 12.5 Å². The Bertz CT molecular complexity index is 958. The second-order valence-corrected chi connectivity index (χ2v) is 6.85. The van der Waals surface area contributed by atoms with Crippen LogP contribution < -0.4 is 10.2 Å². The van der Waals surface area contributed by atoms with Crippen molar-refractivity contribution in [3.63, 3.8) is 0 Å². The second-order valence-electron chi connectivity index (χ2n) is 6.85. The predicted octanol–water partition coefficient (Wildman–Crippen LogP) is 3.88. The van der Waals surface area contributed by atoms with E-state index in [0.717, 1.165) is 24.6 Å². The van der Waals surface area contributed by atoms with Crippen LogP contribution in [0.2, 0.25) is 0 Å². The number of benzene rings is 2. The van der Waals surface area contributed by atoms with Crippen LogP contribution >= 0.6 is 0 Å². The number of nitrogens with one attached hydrogen (secondary N) is 1. The molecular formula is C21H19F2N3O2. The van der Waals surface area contributed by atoms with Crippen molar-refractivity contribution >= 4 is 11.6 Å². The van der Waals surface area contributed by atoms with Gasteiger partial charge >= 0.3 is 0 Å². The molecule has 2 aromatic carbocycles. The van der Waals surface area contributed by atoms with Gasteiger partial charge in [-0.2, -0.15) is 0 Å². The minimum atomic E-state index is -0.846. The Morgan fingerprint density at radius 1 is 1.18 bits per heavy atom. The monoisotopic (exact) mass is 383 g/mol. The molecular weight excluding hydrogens is 364 g/mol. The molecule has 1 N–H and O–H groups in total. The Kier molecular flexibility index (Phi) is 5.06. The van der Waals surface area contributed by atoms with Crippen molar-refractivity contribution in [1.29, 1.82) is 0 Å². The molecule has 28 heavy (non-hydrogen) atoms. The van der Waals surface area contributed by atoms with Crippen LogP contribution in [-0.2, 0) is 0 Å². The molecule has 1 aromatic heterocycles. The summed E-state index contributed by atoms with van der Waals surface area (Å²) in [5, 5.41) is 2.95. The summed E-state index contributed by atoms with van der Waals surface area (Å²) in [7, 11) is 0. The number of nitrogens with zero attached hydrogens (tertiary/aromatic N) is 2. The lowest BCUT2D eigenvalue weighted by atomic mass is 10.1. The van der Waals surface area contributed by atoms with Gasteiger partial charge < -0.3 is 14.6 Å². The van der Waals surface area contributed by atoms with E-state index < -0.39 is 11.6 Å². The molecule has 5 nitrogen and oxygen atoms in total. The van der Waals surface area contributed by atoms with E-state index in [-0.39, 0.29) is 11.8 Å². The van der Waals surface area contributed by atoms with Crippen molar-refractivity contribution in [3.05, 3.63) is 72.3 Å². The maximum Gasteiger partial charge on any atom is 0.251 e. The molecule has 1 aliphatic heterocycles. The van der Waals surface area contributed by atoms with Gasteiger partial charge in [-0.1, -0.05) is 12.1 Å². The number of carbonyl (C=O) groups excluding carboxylic acids is 1. The first-order valence-corrected chi connectivity index (χ1v) is 9.07. The number of hydrogen-bond acceptors (Lipinski definition) is 4. The molecule has 1 amide bonds. The number of rotatable bonds is 5. The number of carbonyl (C=O) groups is 1. The molecule has 0 aliphatic carbocycles. The lowest BCUT2D eigenvalue weighted by Gasteiger charge is -2.19. The van der Waals surface area contributed by atoms with Gasteiger partial charge in [0.2, 0.25) is 0 Å². The molecule has 0 saturated carbocycles. The third-order valence-electron chi connectivity index (χ3n) is 4.97. The highest BCUT2D eigenvalue weighted by atomic mass is 19.2. The van der Waals surface area contributed by atoms with E-state index in [1.54, 1.807) is 24.4 Å². The highest BCUT2D eigenvalue weighted by molar-refractivity contribution is 5.94. The summed E-state index contributed by atoms with van der Waals surface area (Å²) in [6.07, 6.45) is 3.86. The summed E-state index contributed by atoms with van der Waals surface area (Å²) in [5.41, 5.74) is 2.08. The van der Waals surface area contributed by atoms with Crippen molar-refractivity contribution in [2.75, 3.05) is 24.5 Å². The second kappa shape index (κ2) is 7.80. The largest absolute Gasteiger partial charge is 0.444 e.